The molecule has 3 N–H and O–H groups in total. The number of nitrogens with two attached hydrogens (primary N) is 1. The molecular weight excluding hydrogens is 258 g/mol. The molecule has 2 rings (SSSR count). The predicted octanol–water partition coefficient (Wildman–Crippen LogP) is 1.82. The van der Waals surface area contributed by atoms with E-state index in [1.165, 1.54) is 10.7 Å². The lowest BCUT2D eigenvalue weighted by molar-refractivity contribution is 0.846. The van der Waals surface area contributed by atoms with Crippen molar-refractivity contribution < 1.29 is 0 Å². The zero-order valence-electron chi connectivity index (χ0n) is 8.12. The standard InChI is InChI=1S/C10H10BrN3O/c1-6-4-7(11)2-3-8(6)14-10(15)5-9(12)13-14/h2-5,13H,12H2,1H3. The highest BCUT2D eigenvalue weighted by molar-refractivity contribution is 9.10. The average Bonchev–Trinajstić information content (AvgIpc) is 2.45. The highest BCUT2D eigenvalue weighted by Gasteiger charge is 2.05. The van der Waals surface area contributed by atoms with Gasteiger partial charge in [-0.3, -0.25) is 9.89 Å². The maximum atomic E-state index is 11.5. The van der Waals surface area contributed by atoms with Gasteiger partial charge in [-0.1, -0.05) is 15.9 Å². The molecule has 0 atom stereocenters. The minimum absolute atomic E-state index is 0.155. The number of aromatic nitrogens is 2. The van der Waals surface area contributed by atoms with Crippen molar-refractivity contribution in [1.82, 2.24) is 9.78 Å². The Balaban J connectivity index is 2.64. The number of benzene rings is 1. The van der Waals surface area contributed by atoms with Gasteiger partial charge in [-0.2, -0.15) is 0 Å². The first-order valence-corrected chi connectivity index (χ1v) is 5.21. The molecule has 0 aliphatic carbocycles. The molecule has 0 amide bonds. The minimum atomic E-state index is -0.155. The molecule has 1 aromatic heterocycles. The molecular formula is C10H10BrN3O. The van der Waals surface area contributed by atoms with E-state index in [0.29, 0.717) is 5.82 Å². The number of anilines is 1. The largest absolute Gasteiger partial charge is 0.384 e. The van der Waals surface area contributed by atoms with Crippen LogP contribution in [0.1, 0.15) is 5.56 Å². The Morgan fingerprint density at radius 3 is 2.67 bits per heavy atom. The Hall–Kier alpha value is -1.49. The van der Waals surface area contributed by atoms with Crippen molar-refractivity contribution in [2.45, 2.75) is 6.92 Å². The molecule has 2 aromatic rings. The Morgan fingerprint density at radius 1 is 1.40 bits per heavy atom. The van der Waals surface area contributed by atoms with Crippen molar-refractivity contribution in [1.29, 1.82) is 0 Å². The SMILES string of the molecule is Cc1cc(Br)ccc1-n1[nH]c(N)cc1=O. The summed E-state index contributed by atoms with van der Waals surface area (Å²) in [5.41, 5.74) is 7.16. The molecule has 0 saturated carbocycles. The summed E-state index contributed by atoms with van der Waals surface area (Å²) in [6.45, 7) is 1.93. The molecule has 1 aromatic carbocycles. The van der Waals surface area contributed by atoms with E-state index in [0.717, 1.165) is 15.7 Å². The van der Waals surface area contributed by atoms with Gasteiger partial charge in [0.05, 0.1) is 5.69 Å². The van der Waals surface area contributed by atoms with Gasteiger partial charge in [0.25, 0.3) is 5.56 Å². The maximum Gasteiger partial charge on any atom is 0.273 e. The van der Waals surface area contributed by atoms with Gasteiger partial charge >= 0.3 is 0 Å². The van der Waals surface area contributed by atoms with Crippen LogP contribution in [0.15, 0.2) is 33.5 Å². The van der Waals surface area contributed by atoms with Crippen LogP contribution in [0.4, 0.5) is 5.82 Å². The van der Waals surface area contributed by atoms with E-state index in [1.54, 1.807) is 0 Å². The highest BCUT2D eigenvalue weighted by Crippen LogP contribution is 2.17. The fourth-order valence-corrected chi connectivity index (χ4v) is 1.94. The Bertz CT molecular complexity index is 556. The van der Waals surface area contributed by atoms with E-state index < -0.39 is 0 Å². The number of hydrogen-bond donors (Lipinski definition) is 2. The second-order valence-corrected chi connectivity index (χ2v) is 4.23. The summed E-state index contributed by atoms with van der Waals surface area (Å²) >= 11 is 3.37. The zero-order valence-corrected chi connectivity index (χ0v) is 9.71. The van der Waals surface area contributed by atoms with Crippen molar-refractivity contribution >= 4 is 21.7 Å². The van der Waals surface area contributed by atoms with Gasteiger partial charge < -0.3 is 5.73 Å². The number of hydrogen-bond acceptors (Lipinski definition) is 2. The van der Waals surface area contributed by atoms with Crippen LogP contribution in [0.2, 0.25) is 0 Å². The number of aromatic amines is 1. The van der Waals surface area contributed by atoms with E-state index in [1.807, 2.05) is 25.1 Å². The number of rotatable bonds is 1. The molecule has 0 saturated heterocycles. The van der Waals surface area contributed by atoms with Crippen LogP contribution in [0.5, 0.6) is 0 Å². The van der Waals surface area contributed by atoms with E-state index in [4.69, 9.17) is 5.73 Å². The molecule has 15 heavy (non-hydrogen) atoms. The smallest absolute Gasteiger partial charge is 0.273 e. The number of nitrogens with one attached hydrogen (secondary N) is 1. The molecule has 5 heteroatoms. The quantitative estimate of drug-likeness (QED) is 0.828. The molecule has 0 aliphatic rings. The van der Waals surface area contributed by atoms with Gasteiger partial charge in [0.15, 0.2) is 0 Å². The molecule has 0 bridgehead atoms. The molecule has 0 unspecified atom stereocenters. The van der Waals surface area contributed by atoms with Crippen molar-refractivity contribution in [3.05, 3.63) is 44.7 Å². The highest BCUT2D eigenvalue weighted by atomic mass is 79.9. The van der Waals surface area contributed by atoms with E-state index in [2.05, 4.69) is 21.0 Å². The number of aryl methyl sites for hydroxylation is 1. The topological polar surface area (TPSA) is 63.8 Å². The number of H-pyrrole nitrogens is 1. The summed E-state index contributed by atoms with van der Waals surface area (Å²) in [5.74, 6) is 0.363. The summed E-state index contributed by atoms with van der Waals surface area (Å²) in [6, 6.07) is 7.04. The van der Waals surface area contributed by atoms with Crippen LogP contribution in [0.3, 0.4) is 0 Å². The number of nitrogen functional groups attached to an aromatic ring is 1. The number of nitrogens with zero attached hydrogens (tertiary/aromatic N) is 1. The Morgan fingerprint density at radius 2 is 2.13 bits per heavy atom. The Kier molecular flexibility index (Phi) is 2.40. The molecule has 0 spiro atoms. The normalized spacial score (nSPS) is 10.5. The molecule has 0 aliphatic heterocycles. The van der Waals surface area contributed by atoms with Gasteiger partial charge in [0.1, 0.15) is 5.82 Å². The summed E-state index contributed by atoms with van der Waals surface area (Å²) in [4.78, 5) is 11.5. The van der Waals surface area contributed by atoms with Crippen LogP contribution in [-0.2, 0) is 0 Å². The lowest BCUT2D eigenvalue weighted by atomic mass is 10.2. The molecule has 78 valence electrons. The van der Waals surface area contributed by atoms with Crippen LogP contribution in [0.25, 0.3) is 5.69 Å². The maximum absolute atomic E-state index is 11.5. The third kappa shape index (κ3) is 1.83. The molecule has 1 heterocycles. The summed E-state index contributed by atoms with van der Waals surface area (Å²) in [7, 11) is 0. The number of halogens is 1. The van der Waals surface area contributed by atoms with Gasteiger partial charge in [-0.25, -0.2) is 4.68 Å². The average molecular weight is 268 g/mol. The summed E-state index contributed by atoms with van der Waals surface area (Å²) in [6.07, 6.45) is 0. The third-order valence-corrected chi connectivity index (χ3v) is 2.63. The fourth-order valence-electron chi connectivity index (χ4n) is 1.46. The van der Waals surface area contributed by atoms with E-state index in [9.17, 15) is 4.79 Å². The molecule has 0 radical (unpaired) electrons. The van der Waals surface area contributed by atoms with Crippen LogP contribution >= 0.6 is 15.9 Å². The summed E-state index contributed by atoms with van der Waals surface area (Å²) < 4.78 is 2.41. The molecule has 4 nitrogen and oxygen atoms in total. The van der Waals surface area contributed by atoms with Crippen LogP contribution in [0, 0.1) is 6.92 Å². The first-order valence-electron chi connectivity index (χ1n) is 4.42. The van der Waals surface area contributed by atoms with Crippen LogP contribution < -0.4 is 11.3 Å². The monoisotopic (exact) mass is 267 g/mol. The second-order valence-electron chi connectivity index (χ2n) is 3.32. The molecule has 0 fully saturated rings. The van der Waals surface area contributed by atoms with Crippen molar-refractivity contribution in [2.24, 2.45) is 0 Å². The van der Waals surface area contributed by atoms with Crippen molar-refractivity contribution in [3.8, 4) is 5.69 Å². The summed E-state index contributed by atoms with van der Waals surface area (Å²) in [5, 5.41) is 2.79. The van der Waals surface area contributed by atoms with Gasteiger partial charge in [0, 0.05) is 10.5 Å². The van der Waals surface area contributed by atoms with Gasteiger partial charge in [-0.05, 0) is 30.7 Å². The lowest BCUT2D eigenvalue weighted by Crippen LogP contribution is -2.14. The van der Waals surface area contributed by atoms with Gasteiger partial charge in [-0.15, -0.1) is 0 Å². The Labute approximate surface area is 94.8 Å². The minimum Gasteiger partial charge on any atom is -0.384 e. The third-order valence-electron chi connectivity index (χ3n) is 2.14. The van der Waals surface area contributed by atoms with E-state index in [-0.39, 0.29) is 5.56 Å². The van der Waals surface area contributed by atoms with Gasteiger partial charge in [0.2, 0.25) is 0 Å². The first kappa shape index (κ1) is 10.0. The first-order chi connectivity index (χ1) is 7.08. The fraction of sp³-hybridized carbons (Fsp3) is 0.100. The van der Waals surface area contributed by atoms with E-state index >= 15 is 0 Å². The lowest BCUT2D eigenvalue weighted by Gasteiger charge is -2.05. The predicted molar refractivity (Wildman–Crippen MR) is 63.2 cm³/mol. The van der Waals surface area contributed by atoms with Crippen LogP contribution in [-0.4, -0.2) is 9.78 Å². The van der Waals surface area contributed by atoms with Crippen molar-refractivity contribution in [3.63, 3.8) is 0 Å². The van der Waals surface area contributed by atoms with Crippen molar-refractivity contribution in [2.75, 3.05) is 5.73 Å². The zero-order chi connectivity index (χ0) is 11.0. The second kappa shape index (κ2) is 3.58.